The van der Waals surface area contributed by atoms with Crippen LogP contribution >= 0.6 is 11.8 Å². The molecule has 0 saturated heterocycles. The lowest BCUT2D eigenvalue weighted by molar-refractivity contribution is -0.125. The summed E-state index contributed by atoms with van der Waals surface area (Å²) in [7, 11) is 0. The second kappa shape index (κ2) is 9.39. The van der Waals surface area contributed by atoms with Gasteiger partial charge in [0, 0.05) is 36.2 Å². The second-order valence-corrected chi connectivity index (χ2v) is 7.79. The summed E-state index contributed by atoms with van der Waals surface area (Å²) in [4.78, 5) is 15.6. The van der Waals surface area contributed by atoms with Crippen LogP contribution in [0.3, 0.4) is 0 Å². The minimum atomic E-state index is -1.60. The summed E-state index contributed by atoms with van der Waals surface area (Å²) in [6.45, 7) is 2.70. The molecule has 0 amide bonds. The van der Waals surface area contributed by atoms with Gasteiger partial charge in [-0.3, -0.25) is 4.98 Å². The summed E-state index contributed by atoms with van der Waals surface area (Å²) in [5.74, 6) is 3.06. The highest BCUT2D eigenvalue weighted by Gasteiger charge is 2.34. The number of hydrogen-bond acceptors (Lipinski definition) is 6. The topological polar surface area (TPSA) is 85.4 Å². The molecule has 2 atom stereocenters. The molecule has 1 aliphatic rings. The molecule has 1 heterocycles. The first-order valence-corrected chi connectivity index (χ1v) is 9.82. The lowest BCUT2D eigenvalue weighted by atomic mass is 9.92. The van der Waals surface area contributed by atoms with Crippen LogP contribution < -0.4 is 10.5 Å². The Balaban J connectivity index is 1.89. The number of rotatable bonds is 12. The summed E-state index contributed by atoms with van der Waals surface area (Å²) in [5, 5.41) is 10.6. The SMILES string of the molecule is CCSCC(N)C(O)(C=O)Cc1cc(OCCCC2CC2)ccn1. The second-order valence-electron chi connectivity index (χ2n) is 6.47. The van der Waals surface area contributed by atoms with Gasteiger partial charge in [-0.2, -0.15) is 11.8 Å². The van der Waals surface area contributed by atoms with Crippen molar-refractivity contribution in [2.75, 3.05) is 18.1 Å². The number of carbonyl (C=O) groups is 1. The van der Waals surface area contributed by atoms with Crippen LogP contribution in [0.25, 0.3) is 0 Å². The number of carbonyl (C=O) groups excluding carboxylic acids is 1. The lowest BCUT2D eigenvalue weighted by Gasteiger charge is -2.28. The quantitative estimate of drug-likeness (QED) is 0.443. The van der Waals surface area contributed by atoms with Crippen LogP contribution in [0, 0.1) is 5.92 Å². The van der Waals surface area contributed by atoms with E-state index in [1.165, 1.54) is 19.3 Å². The van der Waals surface area contributed by atoms with Crippen LogP contribution in [0.5, 0.6) is 5.75 Å². The fourth-order valence-electron chi connectivity index (χ4n) is 2.55. The fourth-order valence-corrected chi connectivity index (χ4v) is 3.33. The van der Waals surface area contributed by atoms with Gasteiger partial charge >= 0.3 is 0 Å². The molecule has 0 aliphatic heterocycles. The van der Waals surface area contributed by atoms with Crippen molar-refractivity contribution in [3.63, 3.8) is 0 Å². The molecular formula is C18H28N2O3S. The molecule has 0 bridgehead atoms. The molecule has 1 aromatic heterocycles. The summed E-state index contributed by atoms with van der Waals surface area (Å²) < 4.78 is 5.75. The van der Waals surface area contributed by atoms with E-state index in [-0.39, 0.29) is 6.42 Å². The molecule has 0 aromatic carbocycles. The van der Waals surface area contributed by atoms with Gasteiger partial charge in [-0.15, -0.1) is 0 Å². The minimum absolute atomic E-state index is 0.0984. The molecule has 1 saturated carbocycles. The average Bonchev–Trinajstić information content (AvgIpc) is 3.41. The van der Waals surface area contributed by atoms with E-state index in [0.29, 0.717) is 24.3 Å². The molecule has 5 nitrogen and oxygen atoms in total. The smallest absolute Gasteiger partial charge is 0.153 e. The first kappa shape index (κ1) is 19.2. The standard InChI is InChI=1S/C18H28N2O3S/c1-2-24-12-17(19)18(22,13-21)11-15-10-16(7-8-20-15)23-9-3-4-14-5-6-14/h7-8,10,13-14,17,22H,2-6,9,11-12,19H2,1H3. The third-order valence-electron chi connectivity index (χ3n) is 4.32. The van der Waals surface area contributed by atoms with Crippen molar-refractivity contribution in [3.8, 4) is 5.75 Å². The lowest BCUT2D eigenvalue weighted by Crippen LogP contribution is -2.52. The largest absolute Gasteiger partial charge is 0.493 e. The van der Waals surface area contributed by atoms with E-state index in [0.717, 1.165) is 23.8 Å². The minimum Gasteiger partial charge on any atom is -0.493 e. The Kier molecular flexibility index (Phi) is 7.52. The normalized spacial score (nSPS) is 18.0. The van der Waals surface area contributed by atoms with Gasteiger partial charge in [-0.1, -0.05) is 19.8 Å². The number of hydrogen-bond donors (Lipinski definition) is 2. The number of aliphatic hydroxyl groups is 1. The molecule has 2 rings (SSSR count). The molecule has 134 valence electrons. The number of nitrogens with zero attached hydrogens (tertiary/aromatic N) is 1. The zero-order chi connectivity index (χ0) is 17.4. The maximum Gasteiger partial charge on any atom is 0.153 e. The monoisotopic (exact) mass is 352 g/mol. The summed E-state index contributed by atoms with van der Waals surface area (Å²) in [6, 6.07) is 2.96. The first-order valence-electron chi connectivity index (χ1n) is 8.67. The van der Waals surface area contributed by atoms with Crippen molar-refractivity contribution in [2.45, 2.75) is 50.7 Å². The van der Waals surface area contributed by atoms with E-state index < -0.39 is 11.6 Å². The van der Waals surface area contributed by atoms with E-state index in [4.69, 9.17) is 10.5 Å². The van der Waals surface area contributed by atoms with Crippen molar-refractivity contribution < 1.29 is 14.6 Å². The molecule has 3 N–H and O–H groups in total. The number of thioether (sulfide) groups is 1. The van der Waals surface area contributed by atoms with Gasteiger partial charge in [-0.05, 0) is 30.6 Å². The van der Waals surface area contributed by atoms with Crippen LogP contribution in [-0.2, 0) is 11.2 Å². The first-order chi connectivity index (χ1) is 11.6. The molecule has 6 heteroatoms. The molecular weight excluding hydrogens is 324 g/mol. The van der Waals surface area contributed by atoms with Crippen molar-refractivity contribution in [1.82, 2.24) is 4.98 Å². The van der Waals surface area contributed by atoms with Gasteiger partial charge in [0.25, 0.3) is 0 Å². The van der Waals surface area contributed by atoms with Crippen LogP contribution in [0.4, 0.5) is 0 Å². The number of pyridine rings is 1. The maximum absolute atomic E-state index is 11.4. The van der Waals surface area contributed by atoms with Gasteiger partial charge in [0.05, 0.1) is 6.61 Å². The molecule has 2 unspecified atom stereocenters. The van der Waals surface area contributed by atoms with E-state index in [1.54, 1.807) is 30.1 Å². The van der Waals surface area contributed by atoms with E-state index in [9.17, 15) is 9.90 Å². The number of aldehydes is 1. The van der Waals surface area contributed by atoms with E-state index in [1.807, 2.05) is 6.92 Å². The molecule has 0 radical (unpaired) electrons. The van der Waals surface area contributed by atoms with E-state index >= 15 is 0 Å². The number of aromatic nitrogens is 1. The van der Waals surface area contributed by atoms with E-state index in [2.05, 4.69) is 4.98 Å². The Morgan fingerprint density at radius 1 is 1.58 bits per heavy atom. The Labute approximate surface area is 148 Å². The number of ether oxygens (including phenoxy) is 1. The zero-order valence-electron chi connectivity index (χ0n) is 14.3. The summed E-state index contributed by atoms with van der Waals surface area (Å²) in [6.07, 6.45) is 7.29. The molecule has 1 aliphatic carbocycles. The Morgan fingerprint density at radius 2 is 2.38 bits per heavy atom. The van der Waals surface area contributed by atoms with Crippen LogP contribution in [0.2, 0.25) is 0 Å². The fraction of sp³-hybridized carbons (Fsp3) is 0.667. The molecule has 1 aromatic rings. The summed E-state index contributed by atoms with van der Waals surface area (Å²) in [5.41, 5.74) is 5.02. The molecule has 24 heavy (non-hydrogen) atoms. The maximum atomic E-state index is 11.4. The van der Waals surface area contributed by atoms with Crippen LogP contribution in [0.1, 0.15) is 38.3 Å². The number of nitrogens with two attached hydrogens (primary N) is 1. The Bertz CT molecular complexity index is 525. The van der Waals surface area contributed by atoms with Gasteiger partial charge < -0.3 is 20.4 Å². The van der Waals surface area contributed by atoms with Crippen molar-refractivity contribution in [1.29, 1.82) is 0 Å². The van der Waals surface area contributed by atoms with Gasteiger partial charge in [0.2, 0.25) is 0 Å². The predicted molar refractivity (Wildman–Crippen MR) is 97.4 cm³/mol. The Hall–Kier alpha value is -1.11. The van der Waals surface area contributed by atoms with Crippen molar-refractivity contribution in [3.05, 3.63) is 24.0 Å². The zero-order valence-corrected chi connectivity index (χ0v) is 15.1. The van der Waals surface area contributed by atoms with Gasteiger partial charge in [-0.25, -0.2) is 0 Å². The van der Waals surface area contributed by atoms with Crippen LogP contribution in [0.15, 0.2) is 18.3 Å². The molecule has 0 spiro atoms. The highest BCUT2D eigenvalue weighted by molar-refractivity contribution is 7.99. The van der Waals surface area contributed by atoms with Gasteiger partial charge in [0.15, 0.2) is 6.29 Å². The third-order valence-corrected chi connectivity index (χ3v) is 5.33. The highest BCUT2D eigenvalue weighted by Crippen LogP contribution is 2.33. The third kappa shape index (κ3) is 6.07. The predicted octanol–water partition coefficient (Wildman–Crippen LogP) is 2.20. The van der Waals surface area contributed by atoms with Crippen LogP contribution in [-0.4, -0.2) is 46.1 Å². The van der Waals surface area contributed by atoms with Gasteiger partial charge in [0.1, 0.15) is 11.4 Å². The van der Waals surface area contributed by atoms with Crippen molar-refractivity contribution >= 4 is 18.0 Å². The average molecular weight is 353 g/mol. The highest BCUT2D eigenvalue weighted by atomic mass is 32.2. The summed E-state index contributed by atoms with van der Waals surface area (Å²) >= 11 is 1.60. The van der Waals surface area contributed by atoms with Crippen molar-refractivity contribution in [2.24, 2.45) is 11.7 Å². The molecule has 1 fully saturated rings. The Morgan fingerprint density at radius 3 is 3.04 bits per heavy atom.